The third-order valence-electron chi connectivity index (χ3n) is 3.56. The Bertz CT molecular complexity index is 562. The Balaban J connectivity index is 1.99. The van der Waals surface area contributed by atoms with Crippen LogP contribution in [0.3, 0.4) is 0 Å². The van der Waals surface area contributed by atoms with Gasteiger partial charge in [0.25, 0.3) is 0 Å². The van der Waals surface area contributed by atoms with Gasteiger partial charge in [-0.15, -0.1) is 11.3 Å². The minimum absolute atomic E-state index is 0.450. The van der Waals surface area contributed by atoms with Crippen molar-refractivity contribution in [3.63, 3.8) is 0 Å². The van der Waals surface area contributed by atoms with Crippen LogP contribution in [0.25, 0.3) is 10.2 Å². The summed E-state index contributed by atoms with van der Waals surface area (Å²) in [5.41, 5.74) is 9.02. The van der Waals surface area contributed by atoms with Gasteiger partial charge in [0.2, 0.25) is 0 Å². The van der Waals surface area contributed by atoms with Crippen molar-refractivity contribution in [1.29, 1.82) is 0 Å². The lowest BCUT2D eigenvalue weighted by Gasteiger charge is -2.16. The van der Waals surface area contributed by atoms with E-state index in [1.807, 2.05) is 13.0 Å². The van der Waals surface area contributed by atoms with Crippen LogP contribution < -0.4 is 11.1 Å². The molecule has 0 aliphatic rings. The minimum atomic E-state index is 0.450. The average Bonchev–Trinajstić information content (AvgIpc) is 2.74. The number of unbranched alkanes of at least 4 members (excludes halogenated alkanes) is 3. The summed E-state index contributed by atoms with van der Waals surface area (Å²) in [5.74, 6) is 0. The molecule has 1 aromatic heterocycles. The van der Waals surface area contributed by atoms with Crippen LogP contribution in [0.15, 0.2) is 12.1 Å². The average molecular weight is 291 g/mol. The lowest BCUT2D eigenvalue weighted by Crippen LogP contribution is -2.15. The predicted octanol–water partition coefficient (Wildman–Crippen LogP) is 4.96. The molecular weight excluding hydrogens is 266 g/mol. The third-order valence-corrected chi connectivity index (χ3v) is 4.49. The van der Waals surface area contributed by atoms with Gasteiger partial charge >= 0.3 is 0 Å². The van der Waals surface area contributed by atoms with Gasteiger partial charge in [0.1, 0.15) is 0 Å². The van der Waals surface area contributed by atoms with E-state index in [1.54, 1.807) is 11.3 Å². The van der Waals surface area contributed by atoms with Crippen molar-refractivity contribution in [3.05, 3.63) is 17.1 Å². The molecule has 0 spiro atoms. The van der Waals surface area contributed by atoms with Gasteiger partial charge in [-0.25, -0.2) is 4.98 Å². The van der Waals surface area contributed by atoms with Crippen molar-refractivity contribution in [3.8, 4) is 0 Å². The first-order valence-electron chi connectivity index (χ1n) is 7.53. The van der Waals surface area contributed by atoms with Gasteiger partial charge in [-0.3, -0.25) is 0 Å². The van der Waals surface area contributed by atoms with E-state index in [0.717, 1.165) is 21.9 Å². The number of benzene rings is 1. The summed E-state index contributed by atoms with van der Waals surface area (Å²) in [6.45, 7) is 6.50. The molecule has 3 N–H and O–H groups in total. The van der Waals surface area contributed by atoms with Crippen LogP contribution in [0, 0.1) is 6.92 Å². The molecule has 0 aliphatic carbocycles. The molecule has 4 heteroatoms. The van der Waals surface area contributed by atoms with Crippen LogP contribution in [0.4, 0.5) is 11.4 Å². The maximum absolute atomic E-state index is 6.14. The van der Waals surface area contributed by atoms with Crippen LogP contribution in [0.5, 0.6) is 0 Å². The molecule has 1 atom stereocenters. The fourth-order valence-electron chi connectivity index (χ4n) is 2.44. The van der Waals surface area contributed by atoms with Crippen molar-refractivity contribution in [1.82, 2.24) is 4.98 Å². The number of fused-ring (bicyclic) bond motifs is 1. The SMILES string of the molecule is CCCCCCC(C)Nc1cc2nc(C)sc2cc1N. The molecule has 0 saturated heterocycles. The van der Waals surface area contributed by atoms with E-state index in [1.165, 1.54) is 36.8 Å². The molecular formula is C16H25N3S. The monoisotopic (exact) mass is 291 g/mol. The van der Waals surface area contributed by atoms with E-state index >= 15 is 0 Å². The second kappa shape index (κ2) is 6.93. The van der Waals surface area contributed by atoms with E-state index in [2.05, 4.69) is 30.2 Å². The number of aromatic nitrogens is 1. The highest BCUT2D eigenvalue weighted by molar-refractivity contribution is 7.18. The molecule has 1 heterocycles. The largest absolute Gasteiger partial charge is 0.397 e. The van der Waals surface area contributed by atoms with Crippen LogP contribution in [-0.2, 0) is 0 Å². The van der Waals surface area contributed by atoms with Gasteiger partial charge in [-0.05, 0) is 32.4 Å². The van der Waals surface area contributed by atoms with Crippen LogP contribution >= 0.6 is 11.3 Å². The molecule has 2 aromatic rings. The maximum atomic E-state index is 6.14. The maximum Gasteiger partial charge on any atom is 0.0907 e. The minimum Gasteiger partial charge on any atom is -0.397 e. The summed E-state index contributed by atoms with van der Waals surface area (Å²) >= 11 is 1.69. The molecule has 110 valence electrons. The van der Waals surface area contributed by atoms with Crippen molar-refractivity contribution in [2.75, 3.05) is 11.1 Å². The summed E-state index contributed by atoms with van der Waals surface area (Å²) < 4.78 is 1.17. The zero-order valence-electron chi connectivity index (χ0n) is 12.7. The first-order valence-corrected chi connectivity index (χ1v) is 8.35. The first-order chi connectivity index (χ1) is 9.60. The fourth-order valence-corrected chi connectivity index (χ4v) is 3.30. The number of hydrogen-bond donors (Lipinski definition) is 2. The van der Waals surface area contributed by atoms with E-state index in [-0.39, 0.29) is 0 Å². The molecule has 0 amide bonds. The number of aryl methyl sites for hydroxylation is 1. The topological polar surface area (TPSA) is 50.9 Å². The molecule has 20 heavy (non-hydrogen) atoms. The third kappa shape index (κ3) is 3.85. The summed E-state index contributed by atoms with van der Waals surface area (Å²) in [6.07, 6.45) is 6.41. The highest BCUT2D eigenvalue weighted by Crippen LogP contribution is 2.30. The Morgan fingerprint density at radius 3 is 2.85 bits per heavy atom. The zero-order chi connectivity index (χ0) is 14.5. The number of anilines is 2. The molecule has 3 nitrogen and oxygen atoms in total. The molecule has 0 bridgehead atoms. The Morgan fingerprint density at radius 2 is 2.10 bits per heavy atom. The summed E-state index contributed by atoms with van der Waals surface area (Å²) in [7, 11) is 0. The normalized spacial score (nSPS) is 12.8. The standard InChI is InChI=1S/C16H25N3S/c1-4-5-6-7-8-11(2)18-14-10-15-16(9-13(14)17)20-12(3)19-15/h9-11,18H,4-8,17H2,1-3H3. The molecule has 1 unspecified atom stereocenters. The smallest absolute Gasteiger partial charge is 0.0907 e. The zero-order valence-corrected chi connectivity index (χ0v) is 13.5. The van der Waals surface area contributed by atoms with Gasteiger partial charge in [-0.2, -0.15) is 0 Å². The number of hydrogen-bond acceptors (Lipinski definition) is 4. The van der Waals surface area contributed by atoms with Gasteiger partial charge in [-0.1, -0.05) is 32.6 Å². The molecule has 1 aromatic carbocycles. The van der Waals surface area contributed by atoms with Crippen molar-refractivity contribution < 1.29 is 0 Å². The van der Waals surface area contributed by atoms with Crippen LogP contribution in [0.2, 0.25) is 0 Å². The van der Waals surface area contributed by atoms with Crippen molar-refractivity contribution in [2.45, 2.75) is 58.9 Å². The van der Waals surface area contributed by atoms with E-state index in [9.17, 15) is 0 Å². The Morgan fingerprint density at radius 1 is 1.30 bits per heavy atom. The number of nitrogens with one attached hydrogen (secondary N) is 1. The van der Waals surface area contributed by atoms with Gasteiger partial charge in [0, 0.05) is 6.04 Å². The number of nitrogen functional groups attached to an aromatic ring is 1. The predicted molar refractivity (Wildman–Crippen MR) is 90.6 cm³/mol. The van der Waals surface area contributed by atoms with E-state index in [4.69, 9.17) is 5.73 Å². The van der Waals surface area contributed by atoms with Crippen LogP contribution in [0.1, 0.15) is 51.0 Å². The van der Waals surface area contributed by atoms with E-state index in [0.29, 0.717) is 6.04 Å². The highest BCUT2D eigenvalue weighted by Gasteiger charge is 2.08. The lowest BCUT2D eigenvalue weighted by molar-refractivity contribution is 0.594. The highest BCUT2D eigenvalue weighted by atomic mass is 32.1. The quantitative estimate of drug-likeness (QED) is 0.560. The number of thiazole rings is 1. The molecule has 0 fully saturated rings. The first kappa shape index (κ1) is 15.1. The molecule has 2 rings (SSSR count). The van der Waals surface area contributed by atoms with Gasteiger partial charge in [0.05, 0.1) is 26.6 Å². The number of rotatable bonds is 7. The summed E-state index contributed by atoms with van der Waals surface area (Å²) in [5, 5.41) is 4.62. The summed E-state index contributed by atoms with van der Waals surface area (Å²) in [4.78, 5) is 4.53. The Hall–Kier alpha value is -1.29. The summed E-state index contributed by atoms with van der Waals surface area (Å²) in [6, 6.07) is 4.56. The van der Waals surface area contributed by atoms with Crippen LogP contribution in [-0.4, -0.2) is 11.0 Å². The lowest BCUT2D eigenvalue weighted by atomic mass is 10.1. The second-order valence-electron chi connectivity index (χ2n) is 5.53. The number of nitrogens with zero attached hydrogens (tertiary/aromatic N) is 1. The second-order valence-corrected chi connectivity index (χ2v) is 6.77. The Labute approximate surface area is 125 Å². The molecule has 0 saturated carbocycles. The van der Waals surface area contributed by atoms with Gasteiger partial charge in [0.15, 0.2) is 0 Å². The Kier molecular flexibility index (Phi) is 5.24. The van der Waals surface area contributed by atoms with Crippen molar-refractivity contribution in [2.24, 2.45) is 0 Å². The molecule has 0 aliphatic heterocycles. The fraction of sp³-hybridized carbons (Fsp3) is 0.562. The molecule has 0 radical (unpaired) electrons. The number of nitrogens with two attached hydrogens (primary N) is 1. The van der Waals surface area contributed by atoms with E-state index < -0.39 is 0 Å². The van der Waals surface area contributed by atoms with Gasteiger partial charge < -0.3 is 11.1 Å². The van der Waals surface area contributed by atoms with Crippen molar-refractivity contribution >= 4 is 32.9 Å².